The lowest BCUT2D eigenvalue weighted by Crippen LogP contribution is -2.41. The molecule has 2 nitrogen and oxygen atoms in total. The first kappa shape index (κ1) is 12.8. The van der Waals surface area contributed by atoms with Crippen molar-refractivity contribution >= 4 is 11.6 Å². The van der Waals surface area contributed by atoms with Crippen molar-refractivity contribution in [1.29, 1.82) is 0 Å². The molecule has 4 heteroatoms. The lowest BCUT2D eigenvalue weighted by molar-refractivity contribution is -0.00761. The van der Waals surface area contributed by atoms with Gasteiger partial charge in [-0.3, -0.25) is 0 Å². The quantitative estimate of drug-likeness (QED) is 0.899. The van der Waals surface area contributed by atoms with Gasteiger partial charge in [0.05, 0.1) is 12.7 Å². The Hall–Kier alpha value is -0.640. The van der Waals surface area contributed by atoms with Crippen LogP contribution < -0.4 is 5.32 Å². The first-order chi connectivity index (χ1) is 8.18. The number of nitrogens with one attached hydrogen (secondary N) is 1. The van der Waals surface area contributed by atoms with Crippen LogP contribution >= 0.6 is 11.6 Å². The molecule has 0 spiro atoms. The van der Waals surface area contributed by atoms with Crippen LogP contribution in [0.5, 0.6) is 0 Å². The summed E-state index contributed by atoms with van der Waals surface area (Å²) in [4.78, 5) is 0. The van der Waals surface area contributed by atoms with E-state index >= 15 is 0 Å². The molecule has 1 N–H and O–H groups in total. The van der Waals surface area contributed by atoms with Gasteiger partial charge < -0.3 is 10.1 Å². The van der Waals surface area contributed by atoms with E-state index in [9.17, 15) is 4.39 Å². The number of ether oxygens (including phenoxy) is 1. The molecule has 0 aliphatic carbocycles. The van der Waals surface area contributed by atoms with Crippen molar-refractivity contribution in [2.24, 2.45) is 5.92 Å². The van der Waals surface area contributed by atoms with Gasteiger partial charge in [0.1, 0.15) is 5.82 Å². The summed E-state index contributed by atoms with van der Waals surface area (Å²) < 4.78 is 19.3. The van der Waals surface area contributed by atoms with Crippen LogP contribution in [-0.4, -0.2) is 19.2 Å². The Bertz CT molecular complexity index is 365. The first-order valence-corrected chi connectivity index (χ1v) is 6.31. The van der Waals surface area contributed by atoms with E-state index in [-0.39, 0.29) is 18.5 Å². The fraction of sp³-hybridized carbons (Fsp3) is 0.538. The maximum Gasteiger partial charge on any atom is 0.130 e. The SMILES string of the molecule is CC1CCNCC1OCc1c(F)cccc1Cl. The van der Waals surface area contributed by atoms with E-state index < -0.39 is 0 Å². The molecule has 0 bridgehead atoms. The molecule has 94 valence electrons. The number of hydrogen-bond donors (Lipinski definition) is 1. The average molecular weight is 258 g/mol. The smallest absolute Gasteiger partial charge is 0.130 e. The van der Waals surface area contributed by atoms with Crippen molar-refractivity contribution in [2.45, 2.75) is 26.1 Å². The number of halogens is 2. The molecular weight excluding hydrogens is 241 g/mol. The van der Waals surface area contributed by atoms with Crippen LogP contribution in [0.4, 0.5) is 4.39 Å². The summed E-state index contributed by atoms with van der Waals surface area (Å²) >= 11 is 5.95. The zero-order valence-corrected chi connectivity index (χ0v) is 10.6. The van der Waals surface area contributed by atoms with Gasteiger partial charge in [-0.15, -0.1) is 0 Å². The molecule has 2 atom stereocenters. The summed E-state index contributed by atoms with van der Waals surface area (Å²) in [5, 5.41) is 3.71. The maximum absolute atomic E-state index is 13.5. The van der Waals surface area contributed by atoms with Crippen molar-refractivity contribution in [2.75, 3.05) is 13.1 Å². The standard InChI is InChI=1S/C13H17ClFNO/c1-9-5-6-16-7-13(9)17-8-10-11(14)3-2-4-12(10)15/h2-4,9,13,16H,5-8H2,1H3. The number of benzene rings is 1. The zero-order valence-electron chi connectivity index (χ0n) is 9.88. The molecule has 1 saturated heterocycles. The minimum atomic E-state index is -0.297. The van der Waals surface area contributed by atoms with Crippen LogP contribution in [-0.2, 0) is 11.3 Å². The molecule has 1 fully saturated rings. The van der Waals surface area contributed by atoms with Gasteiger partial charge in [0.2, 0.25) is 0 Å². The predicted molar refractivity (Wildman–Crippen MR) is 66.6 cm³/mol. The highest BCUT2D eigenvalue weighted by molar-refractivity contribution is 6.31. The van der Waals surface area contributed by atoms with Crippen LogP contribution in [0.3, 0.4) is 0 Å². The van der Waals surface area contributed by atoms with Crippen LogP contribution in [0.15, 0.2) is 18.2 Å². The third kappa shape index (κ3) is 3.18. The van der Waals surface area contributed by atoms with Crippen molar-refractivity contribution in [3.8, 4) is 0 Å². The zero-order chi connectivity index (χ0) is 12.3. The number of piperidine rings is 1. The summed E-state index contributed by atoms with van der Waals surface area (Å²) in [6.07, 6.45) is 1.23. The lowest BCUT2D eigenvalue weighted by atomic mass is 9.97. The summed E-state index contributed by atoms with van der Waals surface area (Å²) in [7, 11) is 0. The average Bonchev–Trinajstić information content (AvgIpc) is 2.30. The molecule has 1 aromatic rings. The van der Waals surface area contributed by atoms with E-state index in [4.69, 9.17) is 16.3 Å². The normalized spacial score (nSPS) is 24.9. The summed E-state index contributed by atoms with van der Waals surface area (Å²) in [5.41, 5.74) is 0.451. The highest BCUT2D eigenvalue weighted by Gasteiger charge is 2.22. The van der Waals surface area contributed by atoms with E-state index in [0.717, 1.165) is 19.5 Å². The Morgan fingerprint density at radius 1 is 1.53 bits per heavy atom. The molecule has 0 saturated carbocycles. The van der Waals surface area contributed by atoms with Crippen LogP contribution in [0.2, 0.25) is 5.02 Å². The van der Waals surface area contributed by atoms with E-state index in [1.165, 1.54) is 6.07 Å². The third-order valence-electron chi connectivity index (χ3n) is 3.26. The highest BCUT2D eigenvalue weighted by atomic mass is 35.5. The van der Waals surface area contributed by atoms with Crippen molar-refractivity contribution in [3.63, 3.8) is 0 Å². The van der Waals surface area contributed by atoms with E-state index in [1.54, 1.807) is 12.1 Å². The third-order valence-corrected chi connectivity index (χ3v) is 3.61. The van der Waals surface area contributed by atoms with Crippen LogP contribution in [0, 0.1) is 11.7 Å². The Labute approximate surface area is 106 Å². The van der Waals surface area contributed by atoms with Crippen molar-refractivity contribution in [3.05, 3.63) is 34.6 Å². The first-order valence-electron chi connectivity index (χ1n) is 5.93. The second-order valence-corrected chi connectivity index (χ2v) is 4.93. The monoisotopic (exact) mass is 257 g/mol. The van der Waals surface area contributed by atoms with Gasteiger partial charge in [-0.2, -0.15) is 0 Å². The lowest BCUT2D eigenvalue weighted by Gasteiger charge is -2.29. The molecule has 1 aromatic carbocycles. The largest absolute Gasteiger partial charge is 0.372 e. The Kier molecular flexibility index (Phi) is 4.37. The van der Waals surface area contributed by atoms with Gasteiger partial charge >= 0.3 is 0 Å². The molecule has 2 rings (SSSR count). The predicted octanol–water partition coefficient (Wildman–Crippen LogP) is 2.99. The van der Waals surface area contributed by atoms with Gasteiger partial charge in [0.25, 0.3) is 0 Å². The fourth-order valence-corrected chi connectivity index (χ4v) is 2.26. The van der Waals surface area contributed by atoms with Crippen molar-refractivity contribution in [1.82, 2.24) is 5.32 Å². The van der Waals surface area contributed by atoms with Gasteiger partial charge in [0.15, 0.2) is 0 Å². The fourth-order valence-electron chi connectivity index (χ4n) is 2.04. The van der Waals surface area contributed by atoms with Gasteiger partial charge in [-0.05, 0) is 31.0 Å². The maximum atomic E-state index is 13.5. The van der Waals surface area contributed by atoms with E-state index in [1.807, 2.05) is 0 Å². The molecule has 1 aliphatic heterocycles. The molecule has 2 unspecified atom stereocenters. The molecule has 1 heterocycles. The molecule has 1 aliphatic rings. The van der Waals surface area contributed by atoms with Crippen LogP contribution in [0.25, 0.3) is 0 Å². The molecule has 0 amide bonds. The Balaban J connectivity index is 1.97. The molecule has 0 radical (unpaired) electrons. The van der Waals surface area contributed by atoms with Crippen molar-refractivity contribution < 1.29 is 9.13 Å². The second kappa shape index (κ2) is 5.80. The summed E-state index contributed by atoms with van der Waals surface area (Å²) in [6, 6.07) is 4.70. The number of hydrogen-bond acceptors (Lipinski definition) is 2. The van der Waals surface area contributed by atoms with Gasteiger partial charge in [0, 0.05) is 17.1 Å². The summed E-state index contributed by atoms with van der Waals surface area (Å²) in [5.74, 6) is 0.204. The molecule has 17 heavy (non-hydrogen) atoms. The van der Waals surface area contributed by atoms with E-state index in [0.29, 0.717) is 16.5 Å². The van der Waals surface area contributed by atoms with E-state index in [2.05, 4.69) is 12.2 Å². The highest BCUT2D eigenvalue weighted by Crippen LogP contribution is 2.22. The topological polar surface area (TPSA) is 21.3 Å². The minimum absolute atomic E-state index is 0.138. The van der Waals surface area contributed by atoms with Gasteiger partial charge in [-0.1, -0.05) is 24.6 Å². The minimum Gasteiger partial charge on any atom is -0.372 e. The Morgan fingerprint density at radius 2 is 2.35 bits per heavy atom. The number of rotatable bonds is 3. The van der Waals surface area contributed by atoms with Crippen LogP contribution in [0.1, 0.15) is 18.9 Å². The Morgan fingerprint density at radius 3 is 3.06 bits per heavy atom. The van der Waals surface area contributed by atoms with Gasteiger partial charge in [-0.25, -0.2) is 4.39 Å². The second-order valence-electron chi connectivity index (χ2n) is 4.52. The molecular formula is C13H17ClFNO. The summed E-state index contributed by atoms with van der Waals surface area (Å²) in [6.45, 7) is 4.26. The molecule has 0 aromatic heterocycles.